The molecule has 0 fully saturated rings. The Balaban J connectivity index is 2.14. The molecule has 0 bridgehead atoms. The molecule has 23 heavy (non-hydrogen) atoms. The van der Waals surface area contributed by atoms with E-state index in [0.29, 0.717) is 14.6 Å². The van der Waals surface area contributed by atoms with Gasteiger partial charge in [0.25, 0.3) is 0 Å². The van der Waals surface area contributed by atoms with Crippen LogP contribution in [0, 0.1) is 3.95 Å². The van der Waals surface area contributed by atoms with Crippen LogP contribution in [0.3, 0.4) is 0 Å². The lowest BCUT2D eigenvalue weighted by Gasteiger charge is -2.04. The fourth-order valence-corrected chi connectivity index (χ4v) is 3.49. The monoisotopic (exact) mass is 350 g/mol. The molecule has 0 spiro atoms. The number of hydrogen-bond acceptors (Lipinski definition) is 5. The van der Waals surface area contributed by atoms with E-state index < -0.39 is 0 Å². The number of para-hydroxylation sites is 2. The van der Waals surface area contributed by atoms with E-state index in [1.807, 2.05) is 24.3 Å². The van der Waals surface area contributed by atoms with Gasteiger partial charge in [-0.1, -0.05) is 49.7 Å². The van der Waals surface area contributed by atoms with Gasteiger partial charge in [0, 0.05) is 6.54 Å². The van der Waals surface area contributed by atoms with Crippen molar-refractivity contribution < 1.29 is 9.84 Å². The van der Waals surface area contributed by atoms with Crippen LogP contribution >= 0.6 is 23.6 Å². The van der Waals surface area contributed by atoms with E-state index in [0.717, 1.165) is 25.1 Å². The van der Waals surface area contributed by atoms with Crippen LogP contribution in [-0.4, -0.2) is 23.0 Å². The van der Waals surface area contributed by atoms with Crippen molar-refractivity contribution in [1.29, 1.82) is 0 Å². The van der Waals surface area contributed by atoms with Crippen molar-refractivity contribution in [3.05, 3.63) is 33.1 Å². The van der Waals surface area contributed by atoms with Crippen LogP contribution in [-0.2, 0) is 6.54 Å². The van der Waals surface area contributed by atoms with Gasteiger partial charge in [-0.25, -0.2) is 0 Å². The number of ether oxygens (including phenoxy) is 1. The van der Waals surface area contributed by atoms with Gasteiger partial charge in [0.2, 0.25) is 5.88 Å². The van der Waals surface area contributed by atoms with Crippen molar-refractivity contribution in [2.75, 3.05) is 7.11 Å². The standard InChI is InChI=1S/C17H22N2O2S2/c1-3-4-5-8-11-19-16(20)15(23-17(19)22)12-18-13-9-6-7-10-14(13)21-2/h6-7,9-10,12,20H,3-5,8,11H2,1-2H3. The normalized spacial score (nSPS) is 11.2. The first-order valence-corrected chi connectivity index (χ1v) is 8.99. The number of nitrogens with zero attached hydrogens (tertiary/aromatic N) is 2. The van der Waals surface area contributed by atoms with E-state index in [1.165, 1.54) is 24.2 Å². The number of methoxy groups -OCH3 is 1. The minimum Gasteiger partial charge on any atom is -0.494 e. The summed E-state index contributed by atoms with van der Waals surface area (Å²) >= 11 is 6.73. The largest absolute Gasteiger partial charge is 0.494 e. The van der Waals surface area contributed by atoms with Crippen LogP contribution in [0.15, 0.2) is 29.3 Å². The summed E-state index contributed by atoms with van der Waals surface area (Å²) in [4.78, 5) is 5.09. The first-order valence-electron chi connectivity index (χ1n) is 7.77. The van der Waals surface area contributed by atoms with E-state index >= 15 is 0 Å². The zero-order chi connectivity index (χ0) is 16.7. The summed E-state index contributed by atoms with van der Waals surface area (Å²) in [7, 11) is 1.61. The van der Waals surface area contributed by atoms with Crippen LogP contribution in [0.4, 0.5) is 5.69 Å². The van der Waals surface area contributed by atoms with Gasteiger partial charge in [0.1, 0.15) is 16.3 Å². The Hall–Kier alpha value is -1.66. The molecule has 4 nitrogen and oxygen atoms in total. The van der Waals surface area contributed by atoms with Crippen molar-refractivity contribution in [1.82, 2.24) is 4.57 Å². The summed E-state index contributed by atoms with van der Waals surface area (Å²) in [5.41, 5.74) is 0.725. The van der Waals surface area contributed by atoms with Crippen molar-refractivity contribution >= 4 is 35.5 Å². The summed E-state index contributed by atoms with van der Waals surface area (Å²) in [6, 6.07) is 7.52. The Morgan fingerprint density at radius 2 is 2.09 bits per heavy atom. The summed E-state index contributed by atoms with van der Waals surface area (Å²) in [5.74, 6) is 0.904. The minimum atomic E-state index is 0.204. The molecule has 0 atom stereocenters. The molecule has 0 aliphatic rings. The topological polar surface area (TPSA) is 46.8 Å². The zero-order valence-corrected chi connectivity index (χ0v) is 15.1. The van der Waals surface area contributed by atoms with E-state index in [1.54, 1.807) is 17.9 Å². The van der Waals surface area contributed by atoms with Gasteiger partial charge < -0.3 is 9.84 Å². The molecule has 124 valence electrons. The second kappa shape index (κ2) is 8.84. The Bertz CT molecular complexity index is 720. The molecule has 2 rings (SSSR count). The highest BCUT2D eigenvalue weighted by Gasteiger charge is 2.10. The zero-order valence-electron chi connectivity index (χ0n) is 13.5. The summed E-state index contributed by atoms with van der Waals surface area (Å²) in [5, 5.41) is 10.4. The third-order valence-corrected chi connectivity index (χ3v) is 4.91. The Morgan fingerprint density at radius 1 is 1.30 bits per heavy atom. The molecule has 0 saturated heterocycles. The predicted octanol–water partition coefficient (Wildman–Crippen LogP) is 5.32. The SMILES string of the molecule is CCCCCCn1c(O)c(C=Nc2ccccc2OC)sc1=S. The molecule has 1 N–H and O–H groups in total. The van der Waals surface area contributed by atoms with Crippen LogP contribution in [0.25, 0.3) is 0 Å². The first-order chi connectivity index (χ1) is 11.2. The third-order valence-electron chi connectivity index (χ3n) is 3.54. The fraction of sp³-hybridized carbons (Fsp3) is 0.412. The number of rotatable bonds is 8. The van der Waals surface area contributed by atoms with Gasteiger partial charge in [-0.2, -0.15) is 0 Å². The van der Waals surface area contributed by atoms with Crippen LogP contribution in [0.5, 0.6) is 11.6 Å². The second-order valence-corrected chi connectivity index (χ2v) is 6.87. The predicted molar refractivity (Wildman–Crippen MR) is 99.2 cm³/mol. The lowest BCUT2D eigenvalue weighted by molar-refractivity contribution is 0.408. The highest BCUT2D eigenvalue weighted by atomic mass is 32.1. The highest BCUT2D eigenvalue weighted by molar-refractivity contribution is 7.73. The molecule has 0 unspecified atom stereocenters. The second-order valence-electron chi connectivity index (χ2n) is 5.20. The number of thiazole rings is 1. The molecule has 0 radical (unpaired) electrons. The number of hydrogen-bond donors (Lipinski definition) is 1. The van der Waals surface area contributed by atoms with E-state index in [9.17, 15) is 5.11 Å². The van der Waals surface area contributed by atoms with Gasteiger partial charge in [0.15, 0.2) is 3.95 Å². The number of unbranched alkanes of at least 4 members (excludes halogenated alkanes) is 3. The average molecular weight is 351 g/mol. The molecule has 0 saturated carbocycles. The highest BCUT2D eigenvalue weighted by Crippen LogP contribution is 2.29. The van der Waals surface area contributed by atoms with E-state index in [2.05, 4.69) is 11.9 Å². The summed E-state index contributed by atoms with van der Waals surface area (Å²) < 4.78 is 7.74. The summed E-state index contributed by atoms with van der Waals surface area (Å²) in [6.45, 7) is 2.93. The number of aliphatic imine (C=N–C) groups is 1. The molecular weight excluding hydrogens is 328 g/mol. The number of benzene rings is 1. The molecule has 0 aliphatic heterocycles. The Labute approximate surface area is 146 Å². The Morgan fingerprint density at radius 3 is 2.83 bits per heavy atom. The van der Waals surface area contributed by atoms with Crippen molar-refractivity contribution in [3.8, 4) is 11.6 Å². The quantitative estimate of drug-likeness (QED) is 0.398. The third kappa shape index (κ3) is 4.65. The van der Waals surface area contributed by atoms with Crippen molar-refractivity contribution in [2.24, 2.45) is 4.99 Å². The molecule has 6 heteroatoms. The maximum absolute atomic E-state index is 10.4. The number of aromatic hydroxyl groups is 1. The molecular formula is C17H22N2O2S2. The van der Waals surface area contributed by atoms with Crippen LogP contribution < -0.4 is 4.74 Å². The smallest absolute Gasteiger partial charge is 0.212 e. The number of aromatic nitrogens is 1. The van der Waals surface area contributed by atoms with E-state index in [4.69, 9.17) is 17.0 Å². The molecule has 2 aromatic rings. The first kappa shape index (κ1) is 17.7. The minimum absolute atomic E-state index is 0.204. The average Bonchev–Trinajstić information content (AvgIpc) is 2.84. The lowest BCUT2D eigenvalue weighted by Crippen LogP contribution is -1.97. The fourth-order valence-electron chi connectivity index (χ4n) is 2.26. The molecule has 1 heterocycles. The Kier molecular flexibility index (Phi) is 6.80. The van der Waals surface area contributed by atoms with Gasteiger partial charge in [-0.15, -0.1) is 0 Å². The van der Waals surface area contributed by atoms with Crippen molar-refractivity contribution in [3.63, 3.8) is 0 Å². The van der Waals surface area contributed by atoms with E-state index in [-0.39, 0.29) is 5.88 Å². The molecule has 1 aromatic carbocycles. The van der Waals surface area contributed by atoms with Crippen molar-refractivity contribution in [2.45, 2.75) is 39.2 Å². The van der Waals surface area contributed by atoms with Gasteiger partial charge in [-0.3, -0.25) is 9.56 Å². The molecule has 0 amide bonds. The van der Waals surface area contributed by atoms with Gasteiger partial charge in [0.05, 0.1) is 13.3 Å². The summed E-state index contributed by atoms with van der Waals surface area (Å²) in [6.07, 6.45) is 6.22. The van der Waals surface area contributed by atoms with Crippen LogP contribution in [0.1, 0.15) is 37.5 Å². The van der Waals surface area contributed by atoms with Gasteiger partial charge in [-0.05, 0) is 30.8 Å². The lowest BCUT2D eigenvalue weighted by atomic mass is 10.2. The maximum Gasteiger partial charge on any atom is 0.212 e. The molecule has 1 aromatic heterocycles. The maximum atomic E-state index is 10.4. The van der Waals surface area contributed by atoms with Gasteiger partial charge >= 0.3 is 0 Å². The molecule has 0 aliphatic carbocycles. The van der Waals surface area contributed by atoms with Crippen LogP contribution in [0.2, 0.25) is 0 Å².